The van der Waals surface area contributed by atoms with Gasteiger partial charge in [0.15, 0.2) is 0 Å². The van der Waals surface area contributed by atoms with Crippen molar-refractivity contribution in [1.29, 1.82) is 0 Å². The SMILES string of the molecule is COc1cccc2c1C(Br)(C(N)=O)CC2. The van der Waals surface area contributed by atoms with Crippen LogP contribution in [0.1, 0.15) is 17.5 Å². The number of ether oxygens (including phenoxy) is 1. The highest BCUT2D eigenvalue weighted by Gasteiger charge is 2.43. The molecule has 15 heavy (non-hydrogen) atoms. The number of hydrogen-bond acceptors (Lipinski definition) is 2. The first-order valence-corrected chi connectivity index (χ1v) is 5.54. The van der Waals surface area contributed by atoms with Gasteiger partial charge < -0.3 is 10.5 Å². The maximum absolute atomic E-state index is 11.5. The molecule has 4 heteroatoms. The lowest BCUT2D eigenvalue weighted by Gasteiger charge is -2.20. The summed E-state index contributed by atoms with van der Waals surface area (Å²) < 4.78 is 4.51. The van der Waals surface area contributed by atoms with Crippen LogP contribution >= 0.6 is 15.9 Å². The van der Waals surface area contributed by atoms with Gasteiger partial charge in [-0.15, -0.1) is 0 Å². The summed E-state index contributed by atoms with van der Waals surface area (Å²) >= 11 is 3.45. The van der Waals surface area contributed by atoms with Gasteiger partial charge in [0.1, 0.15) is 10.1 Å². The quantitative estimate of drug-likeness (QED) is 0.832. The molecule has 1 unspecified atom stereocenters. The zero-order chi connectivity index (χ0) is 11.1. The minimum atomic E-state index is -0.755. The molecule has 0 saturated heterocycles. The van der Waals surface area contributed by atoms with Crippen molar-refractivity contribution >= 4 is 21.8 Å². The summed E-state index contributed by atoms with van der Waals surface area (Å²) in [7, 11) is 1.60. The van der Waals surface area contributed by atoms with E-state index < -0.39 is 4.32 Å². The maximum Gasteiger partial charge on any atom is 0.239 e. The Kier molecular flexibility index (Phi) is 2.46. The second kappa shape index (κ2) is 3.52. The summed E-state index contributed by atoms with van der Waals surface area (Å²) in [6.07, 6.45) is 1.54. The van der Waals surface area contributed by atoms with Crippen molar-refractivity contribution < 1.29 is 9.53 Å². The van der Waals surface area contributed by atoms with Crippen LogP contribution in [-0.4, -0.2) is 13.0 Å². The van der Waals surface area contributed by atoms with E-state index in [1.165, 1.54) is 0 Å². The number of aryl methyl sites for hydroxylation is 1. The smallest absolute Gasteiger partial charge is 0.239 e. The van der Waals surface area contributed by atoms with Gasteiger partial charge in [-0.2, -0.15) is 0 Å². The van der Waals surface area contributed by atoms with Crippen LogP contribution in [0.5, 0.6) is 5.75 Å². The number of nitrogens with two attached hydrogens (primary N) is 1. The summed E-state index contributed by atoms with van der Waals surface area (Å²) in [4.78, 5) is 11.5. The molecule has 80 valence electrons. The first-order chi connectivity index (χ1) is 7.09. The minimum absolute atomic E-state index is 0.356. The highest BCUT2D eigenvalue weighted by atomic mass is 79.9. The molecule has 0 fully saturated rings. The molecular formula is C11H12BrNO2. The third-order valence-corrected chi connectivity index (χ3v) is 4.04. The largest absolute Gasteiger partial charge is 0.496 e. The van der Waals surface area contributed by atoms with E-state index >= 15 is 0 Å². The Morgan fingerprint density at radius 1 is 1.60 bits per heavy atom. The molecule has 0 radical (unpaired) electrons. The number of carbonyl (C=O) groups is 1. The summed E-state index contributed by atoms with van der Waals surface area (Å²) in [5, 5.41) is 0. The third-order valence-electron chi connectivity index (χ3n) is 2.86. The molecule has 0 spiro atoms. The van der Waals surface area contributed by atoms with E-state index in [0.717, 1.165) is 23.3 Å². The molecule has 0 heterocycles. The Bertz CT molecular complexity index is 419. The van der Waals surface area contributed by atoms with E-state index in [1.807, 2.05) is 18.2 Å². The number of methoxy groups -OCH3 is 1. The van der Waals surface area contributed by atoms with Gasteiger partial charge >= 0.3 is 0 Å². The molecule has 1 aromatic rings. The van der Waals surface area contributed by atoms with E-state index in [4.69, 9.17) is 10.5 Å². The molecule has 2 rings (SSSR count). The fraction of sp³-hybridized carbons (Fsp3) is 0.364. The van der Waals surface area contributed by atoms with Crippen molar-refractivity contribution in [2.45, 2.75) is 17.2 Å². The van der Waals surface area contributed by atoms with Gasteiger partial charge in [0.05, 0.1) is 7.11 Å². The van der Waals surface area contributed by atoms with Gasteiger partial charge in [0, 0.05) is 5.56 Å². The Morgan fingerprint density at radius 3 is 2.93 bits per heavy atom. The number of amides is 1. The normalized spacial score (nSPS) is 23.6. The Morgan fingerprint density at radius 2 is 2.33 bits per heavy atom. The minimum Gasteiger partial charge on any atom is -0.496 e. The average Bonchev–Trinajstić information content (AvgIpc) is 2.58. The number of carbonyl (C=O) groups excluding carboxylic acids is 1. The van der Waals surface area contributed by atoms with Gasteiger partial charge in [-0.25, -0.2) is 0 Å². The topological polar surface area (TPSA) is 52.3 Å². The fourth-order valence-electron chi connectivity index (χ4n) is 2.08. The highest BCUT2D eigenvalue weighted by Crippen LogP contribution is 2.48. The van der Waals surface area contributed by atoms with E-state index in [0.29, 0.717) is 6.42 Å². The van der Waals surface area contributed by atoms with Crippen molar-refractivity contribution in [3.63, 3.8) is 0 Å². The maximum atomic E-state index is 11.5. The molecule has 3 nitrogen and oxygen atoms in total. The second-order valence-corrected chi connectivity index (χ2v) is 5.01. The monoisotopic (exact) mass is 269 g/mol. The number of benzene rings is 1. The van der Waals surface area contributed by atoms with Crippen LogP contribution in [0.2, 0.25) is 0 Å². The molecule has 2 N–H and O–H groups in total. The molecule has 1 atom stereocenters. The predicted octanol–water partition coefficient (Wildman–Crippen LogP) is 1.72. The van der Waals surface area contributed by atoms with Crippen LogP contribution < -0.4 is 10.5 Å². The van der Waals surface area contributed by atoms with E-state index in [2.05, 4.69) is 15.9 Å². The Balaban J connectivity index is 2.62. The molecule has 1 amide bonds. The molecular weight excluding hydrogens is 258 g/mol. The van der Waals surface area contributed by atoms with Crippen LogP contribution in [0.4, 0.5) is 0 Å². The van der Waals surface area contributed by atoms with Crippen LogP contribution in [0.3, 0.4) is 0 Å². The zero-order valence-electron chi connectivity index (χ0n) is 8.42. The van der Waals surface area contributed by atoms with Crippen LogP contribution in [0.25, 0.3) is 0 Å². The average molecular weight is 270 g/mol. The van der Waals surface area contributed by atoms with Gasteiger partial charge in [-0.3, -0.25) is 4.79 Å². The third kappa shape index (κ3) is 1.44. The Hall–Kier alpha value is -1.03. The molecule has 1 aliphatic rings. The highest BCUT2D eigenvalue weighted by molar-refractivity contribution is 9.10. The lowest BCUT2D eigenvalue weighted by atomic mass is 9.99. The molecule has 0 bridgehead atoms. The summed E-state index contributed by atoms with van der Waals surface area (Å²) in [6.45, 7) is 0. The molecule has 0 aliphatic heterocycles. The summed E-state index contributed by atoms with van der Waals surface area (Å²) in [5.41, 5.74) is 7.45. The molecule has 1 aliphatic carbocycles. The molecule has 0 saturated carbocycles. The van der Waals surface area contributed by atoms with Crippen LogP contribution in [0, 0.1) is 0 Å². The number of hydrogen-bond donors (Lipinski definition) is 1. The van der Waals surface area contributed by atoms with Crippen molar-refractivity contribution in [1.82, 2.24) is 0 Å². The predicted molar refractivity (Wildman–Crippen MR) is 61.1 cm³/mol. The van der Waals surface area contributed by atoms with Crippen LogP contribution in [0.15, 0.2) is 18.2 Å². The van der Waals surface area contributed by atoms with Gasteiger partial charge in [0.2, 0.25) is 5.91 Å². The summed E-state index contributed by atoms with van der Waals surface area (Å²) in [6, 6.07) is 5.78. The number of rotatable bonds is 2. The lowest BCUT2D eigenvalue weighted by molar-refractivity contribution is -0.120. The number of fused-ring (bicyclic) bond motifs is 1. The first kappa shape index (κ1) is 10.5. The first-order valence-electron chi connectivity index (χ1n) is 4.75. The van der Waals surface area contributed by atoms with E-state index in [-0.39, 0.29) is 5.91 Å². The van der Waals surface area contributed by atoms with Crippen LogP contribution in [-0.2, 0) is 15.5 Å². The fourth-order valence-corrected chi connectivity index (χ4v) is 2.73. The number of alkyl halides is 1. The second-order valence-electron chi connectivity index (χ2n) is 3.66. The van der Waals surface area contributed by atoms with Gasteiger partial charge in [-0.05, 0) is 24.5 Å². The lowest BCUT2D eigenvalue weighted by Crippen LogP contribution is -2.33. The molecule has 0 aromatic heterocycles. The van der Waals surface area contributed by atoms with Crippen molar-refractivity contribution in [2.75, 3.05) is 7.11 Å². The Labute approximate surface area is 96.7 Å². The van der Waals surface area contributed by atoms with E-state index in [1.54, 1.807) is 7.11 Å². The van der Waals surface area contributed by atoms with Gasteiger partial charge in [0.25, 0.3) is 0 Å². The van der Waals surface area contributed by atoms with Gasteiger partial charge in [-0.1, -0.05) is 28.1 Å². The van der Waals surface area contributed by atoms with Crippen molar-refractivity contribution in [3.8, 4) is 5.75 Å². The number of halogens is 1. The summed E-state index contributed by atoms with van der Waals surface area (Å²) in [5.74, 6) is 0.367. The van der Waals surface area contributed by atoms with Crippen molar-refractivity contribution in [3.05, 3.63) is 29.3 Å². The van der Waals surface area contributed by atoms with Crippen molar-refractivity contribution in [2.24, 2.45) is 5.73 Å². The van der Waals surface area contributed by atoms with E-state index in [9.17, 15) is 4.79 Å². The standard InChI is InChI=1S/C11H12BrNO2/c1-15-8-4-2-3-7-5-6-11(12,9(7)8)10(13)14/h2-4H,5-6H2,1H3,(H2,13,14). The zero-order valence-corrected chi connectivity index (χ0v) is 10.0. The molecule has 1 aromatic carbocycles. The number of primary amides is 1.